The highest BCUT2D eigenvalue weighted by molar-refractivity contribution is 6.33. The number of anilines is 1. The van der Waals surface area contributed by atoms with Gasteiger partial charge in [0.25, 0.3) is 0 Å². The Bertz CT molecular complexity index is 242. The van der Waals surface area contributed by atoms with Gasteiger partial charge in [0.05, 0.1) is 0 Å². The maximum absolute atomic E-state index is 12.4. The van der Waals surface area contributed by atoms with Crippen molar-refractivity contribution in [2.24, 2.45) is 0 Å². The lowest BCUT2D eigenvalue weighted by Crippen LogP contribution is -1.97. The number of hydrogen-bond donors (Lipinski definition) is 1. The van der Waals surface area contributed by atoms with Gasteiger partial charge in [-0.25, -0.2) is 0 Å². The van der Waals surface area contributed by atoms with E-state index < -0.39 is 5.95 Å². The summed E-state index contributed by atoms with van der Waals surface area (Å²) < 4.78 is 12.4. The Hall–Kier alpha value is -0.610. The van der Waals surface area contributed by atoms with Crippen LogP contribution in [-0.4, -0.2) is 9.97 Å². The molecule has 0 unspecified atom stereocenters. The first-order valence-corrected chi connectivity index (χ1v) is 3.01. The predicted octanol–water partition coefficient (Wildman–Crippen LogP) is 1.50. The first-order chi connectivity index (χ1) is 4.61. The summed E-state index contributed by atoms with van der Waals surface area (Å²) >= 11 is 10.5. The van der Waals surface area contributed by atoms with Gasteiger partial charge < -0.3 is 5.73 Å². The molecular weight excluding hydrogens is 180 g/mol. The topological polar surface area (TPSA) is 51.8 Å². The second-order valence-electron chi connectivity index (χ2n) is 1.48. The number of nitrogen functional groups attached to an aromatic ring is 1. The summed E-state index contributed by atoms with van der Waals surface area (Å²) in [6.07, 6.45) is 0. The molecule has 0 saturated heterocycles. The largest absolute Gasteiger partial charge is 0.382 e. The highest BCUT2D eigenvalue weighted by atomic mass is 35.5. The Morgan fingerprint density at radius 3 is 2.40 bits per heavy atom. The van der Waals surface area contributed by atoms with Crippen molar-refractivity contribution in [2.75, 3.05) is 5.73 Å². The summed E-state index contributed by atoms with van der Waals surface area (Å²) in [5, 5.41) is -0.552. The third-order valence-corrected chi connectivity index (χ3v) is 1.33. The van der Waals surface area contributed by atoms with E-state index in [4.69, 9.17) is 28.9 Å². The predicted molar refractivity (Wildman–Crippen MR) is 36.4 cm³/mol. The van der Waals surface area contributed by atoms with Crippen LogP contribution in [0, 0.1) is 5.95 Å². The summed E-state index contributed by atoms with van der Waals surface area (Å²) in [5.74, 6) is -1.06. The van der Waals surface area contributed by atoms with Crippen molar-refractivity contribution in [3.8, 4) is 0 Å². The molecule has 3 nitrogen and oxygen atoms in total. The quantitative estimate of drug-likeness (QED) is 0.488. The first-order valence-electron chi connectivity index (χ1n) is 2.25. The minimum atomic E-state index is -0.904. The molecule has 0 aliphatic heterocycles. The van der Waals surface area contributed by atoms with Crippen molar-refractivity contribution < 1.29 is 4.39 Å². The molecule has 0 spiro atoms. The van der Waals surface area contributed by atoms with Gasteiger partial charge in [0.1, 0.15) is 10.8 Å². The SMILES string of the molecule is Nc1nc(Cl)nc(F)c1Cl. The molecule has 0 aliphatic carbocycles. The highest BCUT2D eigenvalue weighted by Gasteiger charge is 2.07. The van der Waals surface area contributed by atoms with Crippen molar-refractivity contribution >= 4 is 29.0 Å². The van der Waals surface area contributed by atoms with Crippen molar-refractivity contribution in [2.45, 2.75) is 0 Å². The molecule has 0 atom stereocenters. The van der Waals surface area contributed by atoms with Gasteiger partial charge in [-0.3, -0.25) is 0 Å². The van der Waals surface area contributed by atoms with E-state index in [2.05, 4.69) is 9.97 Å². The van der Waals surface area contributed by atoms with Crippen LogP contribution in [0.3, 0.4) is 0 Å². The zero-order valence-electron chi connectivity index (χ0n) is 4.61. The van der Waals surface area contributed by atoms with Crippen LogP contribution >= 0.6 is 23.2 Å². The Balaban J connectivity index is 3.31. The molecule has 54 valence electrons. The monoisotopic (exact) mass is 181 g/mol. The number of hydrogen-bond acceptors (Lipinski definition) is 3. The lowest BCUT2D eigenvalue weighted by atomic mass is 10.6. The number of nitrogens with two attached hydrogens (primary N) is 1. The van der Waals surface area contributed by atoms with Gasteiger partial charge >= 0.3 is 0 Å². The van der Waals surface area contributed by atoms with Gasteiger partial charge in [-0.15, -0.1) is 0 Å². The summed E-state index contributed by atoms with van der Waals surface area (Å²) in [6, 6.07) is 0. The minimum Gasteiger partial charge on any atom is -0.382 e. The fourth-order valence-corrected chi connectivity index (χ4v) is 0.659. The summed E-state index contributed by atoms with van der Waals surface area (Å²) in [6.45, 7) is 0. The standard InChI is InChI=1S/C4H2Cl2FN3/c5-1-2(7)9-4(6)10-3(1)8/h(H2,8,9,10). The molecule has 1 heterocycles. The average Bonchev–Trinajstić information content (AvgIpc) is 1.82. The Morgan fingerprint density at radius 2 is 1.90 bits per heavy atom. The lowest BCUT2D eigenvalue weighted by molar-refractivity contribution is 0.581. The molecule has 0 saturated carbocycles. The molecule has 0 bridgehead atoms. The van der Waals surface area contributed by atoms with E-state index in [-0.39, 0.29) is 16.1 Å². The van der Waals surface area contributed by atoms with Crippen LogP contribution in [0.1, 0.15) is 0 Å². The van der Waals surface area contributed by atoms with E-state index in [9.17, 15) is 4.39 Å². The average molecular weight is 182 g/mol. The Kier molecular flexibility index (Phi) is 1.92. The normalized spacial score (nSPS) is 9.90. The minimum absolute atomic E-state index is 0.154. The van der Waals surface area contributed by atoms with Gasteiger partial charge in [-0.2, -0.15) is 14.4 Å². The third-order valence-electron chi connectivity index (χ3n) is 0.809. The molecule has 1 aromatic rings. The summed E-state index contributed by atoms with van der Waals surface area (Å²) in [5.41, 5.74) is 5.11. The molecule has 2 N–H and O–H groups in total. The van der Waals surface area contributed by atoms with Crippen LogP contribution in [0.5, 0.6) is 0 Å². The van der Waals surface area contributed by atoms with Crippen LogP contribution in [0.2, 0.25) is 10.3 Å². The number of nitrogens with zero attached hydrogens (tertiary/aromatic N) is 2. The molecule has 1 rings (SSSR count). The number of aromatic nitrogens is 2. The highest BCUT2D eigenvalue weighted by Crippen LogP contribution is 2.19. The lowest BCUT2D eigenvalue weighted by Gasteiger charge is -1.96. The maximum atomic E-state index is 12.4. The van der Waals surface area contributed by atoms with E-state index >= 15 is 0 Å². The molecule has 0 aliphatic rings. The van der Waals surface area contributed by atoms with Crippen LogP contribution in [-0.2, 0) is 0 Å². The van der Waals surface area contributed by atoms with Gasteiger partial charge in [0.15, 0.2) is 0 Å². The third kappa shape index (κ3) is 1.27. The van der Waals surface area contributed by atoms with E-state index in [1.807, 2.05) is 0 Å². The smallest absolute Gasteiger partial charge is 0.238 e. The first kappa shape index (κ1) is 7.50. The Morgan fingerprint density at radius 1 is 1.30 bits per heavy atom. The molecule has 0 aromatic carbocycles. The van der Waals surface area contributed by atoms with Gasteiger partial charge in [-0.05, 0) is 11.6 Å². The molecule has 10 heavy (non-hydrogen) atoms. The zero-order chi connectivity index (χ0) is 7.72. The van der Waals surface area contributed by atoms with Crippen LogP contribution in [0.4, 0.5) is 10.2 Å². The van der Waals surface area contributed by atoms with Crippen molar-refractivity contribution in [3.63, 3.8) is 0 Å². The molecule has 0 amide bonds. The maximum Gasteiger partial charge on any atom is 0.238 e. The molecule has 1 aromatic heterocycles. The van der Waals surface area contributed by atoms with Crippen LogP contribution in [0.25, 0.3) is 0 Å². The summed E-state index contributed by atoms with van der Waals surface area (Å²) in [4.78, 5) is 6.50. The van der Waals surface area contributed by atoms with E-state index in [0.29, 0.717) is 0 Å². The van der Waals surface area contributed by atoms with Crippen LogP contribution in [0.15, 0.2) is 0 Å². The van der Waals surface area contributed by atoms with Crippen molar-refractivity contribution in [1.29, 1.82) is 0 Å². The van der Waals surface area contributed by atoms with E-state index in [1.54, 1.807) is 0 Å². The van der Waals surface area contributed by atoms with Crippen molar-refractivity contribution in [3.05, 3.63) is 16.3 Å². The fraction of sp³-hybridized carbons (Fsp3) is 0. The molecule has 6 heteroatoms. The van der Waals surface area contributed by atoms with Gasteiger partial charge in [-0.1, -0.05) is 11.6 Å². The van der Waals surface area contributed by atoms with Gasteiger partial charge in [0.2, 0.25) is 11.2 Å². The summed E-state index contributed by atoms with van der Waals surface area (Å²) in [7, 11) is 0. The zero-order valence-corrected chi connectivity index (χ0v) is 6.12. The molecule has 0 radical (unpaired) electrons. The molecular formula is C4H2Cl2FN3. The Labute approximate surface area is 66.0 Å². The van der Waals surface area contributed by atoms with Crippen LogP contribution < -0.4 is 5.73 Å². The number of halogens is 3. The molecule has 0 fully saturated rings. The van der Waals surface area contributed by atoms with E-state index in [1.165, 1.54) is 0 Å². The van der Waals surface area contributed by atoms with Gasteiger partial charge in [0, 0.05) is 0 Å². The fourth-order valence-electron chi connectivity index (χ4n) is 0.409. The van der Waals surface area contributed by atoms with Crippen molar-refractivity contribution in [1.82, 2.24) is 9.97 Å². The number of rotatable bonds is 0. The van der Waals surface area contributed by atoms with E-state index in [0.717, 1.165) is 0 Å². The second kappa shape index (κ2) is 2.56. The second-order valence-corrected chi connectivity index (χ2v) is 2.20.